The zero-order valence-electron chi connectivity index (χ0n) is 9.84. The highest BCUT2D eigenvalue weighted by atomic mass is 16.6. The van der Waals surface area contributed by atoms with Gasteiger partial charge in [0.1, 0.15) is 6.61 Å². The molecule has 1 aliphatic rings. The third-order valence-electron chi connectivity index (χ3n) is 2.96. The van der Waals surface area contributed by atoms with E-state index in [1.807, 2.05) is 30.3 Å². The molecule has 2 aromatic rings. The predicted molar refractivity (Wildman–Crippen MR) is 65.5 cm³/mol. The summed E-state index contributed by atoms with van der Waals surface area (Å²) in [5.41, 5.74) is 1.70. The number of carbonyl (C=O) groups is 1. The Morgan fingerprint density at radius 1 is 1.44 bits per heavy atom. The second-order valence-electron chi connectivity index (χ2n) is 4.07. The number of nitrogens with one attached hydrogen (secondary N) is 1. The smallest absolute Gasteiger partial charge is 0.407 e. The van der Waals surface area contributed by atoms with Gasteiger partial charge in [-0.05, 0) is 12.1 Å². The van der Waals surface area contributed by atoms with Gasteiger partial charge in [-0.1, -0.05) is 18.2 Å². The molecular formula is C13H12N2O3. The number of methoxy groups -OCH3 is 1. The Balaban J connectivity index is 2.11. The van der Waals surface area contributed by atoms with Crippen molar-refractivity contribution in [3.63, 3.8) is 0 Å². The van der Waals surface area contributed by atoms with Crippen molar-refractivity contribution < 1.29 is 14.3 Å². The Hall–Kier alpha value is -2.30. The lowest BCUT2D eigenvalue weighted by atomic mass is 10.1. The summed E-state index contributed by atoms with van der Waals surface area (Å²) in [5, 5.41) is 3.74. The standard InChI is InChI=1S/C13H12N2O3/c1-17-12-9(11-7-18-13(16)15-11)6-8-4-2-3-5-10(8)14-12/h2-6,11H,7H2,1H3,(H,15,16). The summed E-state index contributed by atoms with van der Waals surface area (Å²) in [7, 11) is 1.57. The summed E-state index contributed by atoms with van der Waals surface area (Å²) in [5.74, 6) is 0.518. The molecule has 1 amide bonds. The topological polar surface area (TPSA) is 60.5 Å². The predicted octanol–water partition coefficient (Wildman–Crippen LogP) is 2.02. The first-order valence-electron chi connectivity index (χ1n) is 5.65. The van der Waals surface area contributed by atoms with Crippen LogP contribution in [0.5, 0.6) is 5.88 Å². The van der Waals surface area contributed by atoms with Gasteiger partial charge in [-0.3, -0.25) is 0 Å². The third-order valence-corrected chi connectivity index (χ3v) is 2.96. The monoisotopic (exact) mass is 244 g/mol. The van der Waals surface area contributed by atoms with E-state index in [2.05, 4.69) is 10.3 Å². The Morgan fingerprint density at radius 2 is 2.28 bits per heavy atom. The maximum atomic E-state index is 11.1. The van der Waals surface area contributed by atoms with Crippen LogP contribution in [0.3, 0.4) is 0 Å². The average molecular weight is 244 g/mol. The van der Waals surface area contributed by atoms with Crippen LogP contribution in [-0.4, -0.2) is 24.8 Å². The molecule has 0 saturated carbocycles. The van der Waals surface area contributed by atoms with Gasteiger partial charge in [0, 0.05) is 10.9 Å². The minimum absolute atomic E-state index is 0.204. The number of alkyl carbamates (subject to hydrolysis) is 1. The van der Waals surface area contributed by atoms with Gasteiger partial charge in [0.25, 0.3) is 0 Å². The molecule has 1 aliphatic heterocycles. The summed E-state index contributed by atoms with van der Waals surface area (Å²) < 4.78 is 10.2. The van der Waals surface area contributed by atoms with Crippen LogP contribution in [0, 0.1) is 0 Å². The lowest BCUT2D eigenvalue weighted by Gasteiger charge is -2.13. The van der Waals surface area contributed by atoms with E-state index in [1.54, 1.807) is 7.11 Å². The summed E-state index contributed by atoms with van der Waals surface area (Å²) >= 11 is 0. The third kappa shape index (κ3) is 1.73. The normalized spacial score (nSPS) is 18.5. The molecule has 1 saturated heterocycles. The number of rotatable bonds is 2. The van der Waals surface area contributed by atoms with Crippen molar-refractivity contribution in [1.29, 1.82) is 0 Å². The van der Waals surface area contributed by atoms with Crippen molar-refractivity contribution in [2.24, 2.45) is 0 Å². The number of benzene rings is 1. The molecule has 1 fully saturated rings. The number of aromatic nitrogens is 1. The maximum Gasteiger partial charge on any atom is 0.407 e. The lowest BCUT2D eigenvalue weighted by molar-refractivity contribution is 0.176. The molecule has 2 heterocycles. The van der Waals surface area contributed by atoms with Gasteiger partial charge in [-0.2, -0.15) is 0 Å². The number of carbonyl (C=O) groups excluding carboxylic acids is 1. The molecule has 3 rings (SSSR count). The molecule has 1 aromatic heterocycles. The second kappa shape index (κ2) is 4.18. The van der Waals surface area contributed by atoms with Gasteiger partial charge >= 0.3 is 6.09 Å². The average Bonchev–Trinajstić information content (AvgIpc) is 2.83. The van der Waals surface area contributed by atoms with E-state index in [0.29, 0.717) is 12.5 Å². The Bertz CT molecular complexity index is 612. The molecule has 1 aromatic carbocycles. The molecule has 0 aliphatic carbocycles. The molecular weight excluding hydrogens is 232 g/mol. The van der Waals surface area contributed by atoms with Crippen molar-refractivity contribution in [2.45, 2.75) is 6.04 Å². The summed E-state index contributed by atoms with van der Waals surface area (Å²) in [6, 6.07) is 9.54. The van der Waals surface area contributed by atoms with Gasteiger partial charge in [-0.15, -0.1) is 0 Å². The van der Waals surface area contributed by atoms with E-state index in [-0.39, 0.29) is 6.04 Å². The van der Waals surface area contributed by atoms with Crippen LogP contribution >= 0.6 is 0 Å². The molecule has 1 atom stereocenters. The quantitative estimate of drug-likeness (QED) is 0.878. The fourth-order valence-electron chi connectivity index (χ4n) is 2.08. The SMILES string of the molecule is COc1nc2ccccc2cc1C1COC(=O)N1. The molecule has 18 heavy (non-hydrogen) atoms. The zero-order valence-corrected chi connectivity index (χ0v) is 9.84. The maximum absolute atomic E-state index is 11.1. The molecule has 0 bridgehead atoms. The molecule has 5 nitrogen and oxygen atoms in total. The van der Waals surface area contributed by atoms with E-state index in [0.717, 1.165) is 16.5 Å². The van der Waals surface area contributed by atoms with Crippen LogP contribution in [0.15, 0.2) is 30.3 Å². The van der Waals surface area contributed by atoms with E-state index in [9.17, 15) is 4.79 Å². The Kier molecular flexibility index (Phi) is 2.51. The Labute approximate surface area is 104 Å². The largest absolute Gasteiger partial charge is 0.481 e. The van der Waals surface area contributed by atoms with Gasteiger partial charge < -0.3 is 14.8 Å². The first kappa shape index (κ1) is 10.8. The summed E-state index contributed by atoms with van der Waals surface area (Å²) in [6.45, 7) is 0.301. The van der Waals surface area contributed by atoms with Gasteiger partial charge in [0.05, 0.1) is 18.7 Å². The molecule has 1 unspecified atom stereocenters. The number of nitrogens with zero attached hydrogens (tertiary/aromatic N) is 1. The van der Waals surface area contributed by atoms with Crippen molar-refractivity contribution in [1.82, 2.24) is 10.3 Å². The molecule has 92 valence electrons. The number of pyridine rings is 1. The van der Waals surface area contributed by atoms with E-state index >= 15 is 0 Å². The number of fused-ring (bicyclic) bond motifs is 1. The molecule has 5 heteroatoms. The lowest BCUT2D eigenvalue weighted by Crippen LogP contribution is -2.19. The van der Waals surface area contributed by atoms with Crippen molar-refractivity contribution in [3.05, 3.63) is 35.9 Å². The van der Waals surface area contributed by atoms with Crippen LogP contribution in [0.4, 0.5) is 4.79 Å². The first-order valence-corrected chi connectivity index (χ1v) is 5.65. The van der Waals surface area contributed by atoms with E-state index < -0.39 is 6.09 Å². The zero-order chi connectivity index (χ0) is 12.5. The number of hydrogen-bond acceptors (Lipinski definition) is 4. The number of para-hydroxylation sites is 1. The number of cyclic esters (lactones) is 1. The van der Waals surface area contributed by atoms with Gasteiger partial charge in [0.15, 0.2) is 0 Å². The van der Waals surface area contributed by atoms with Crippen molar-refractivity contribution in [2.75, 3.05) is 13.7 Å². The van der Waals surface area contributed by atoms with Crippen LogP contribution in [0.1, 0.15) is 11.6 Å². The fourth-order valence-corrected chi connectivity index (χ4v) is 2.08. The summed E-state index contributed by atoms with van der Waals surface area (Å²) in [6.07, 6.45) is -0.407. The molecule has 0 radical (unpaired) electrons. The molecule has 0 spiro atoms. The van der Waals surface area contributed by atoms with E-state index in [4.69, 9.17) is 9.47 Å². The summed E-state index contributed by atoms with van der Waals surface area (Å²) in [4.78, 5) is 15.5. The van der Waals surface area contributed by atoms with Gasteiger partial charge in [-0.25, -0.2) is 9.78 Å². The van der Waals surface area contributed by atoms with Gasteiger partial charge in [0.2, 0.25) is 5.88 Å². The van der Waals surface area contributed by atoms with Crippen LogP contribution in [0.25, 0.3) is 10.9 Å². The second-order valence-corrected chi connectivity index (χ2v) is 4.07. The number of hydrogen-bond donors (Lipinski definition) is 1. The first-order chi connectivity index (χ1) is 8.78. The highest BCUT2D eigenvalue weighted by Gasteiger charge is 2.27. The highest BCUT2D eigenvalue weighted by Crippen LogP contribution is 2.29. The number of amides is 1. The minimum Gasteiger partial charge on any atom is -0.481 e. The van der Waals surface area contributed by atoms with E-state index in [1.165, 1.54) is 0 Å². The minimum atomic E-state index is -0.407. The van der Waals surface area contributed by atoms with Crippen molar-refractivity contribution >= 4 is 17.0 Å². The number of ether oxygens (including phenoxy) is 2. The highest BCUT2D eigenvalue weighted by molar-refractivity contribution is 5.80. The fraction of sp³-hybridized carbons (Fsp3) is 0.231. The van der Waals surface area contributed by atoms with Crippen molar-refractivity contribution in [3.8, 4) is 5.88 Å². The van der Waals surface area contributed by atoms with Crippen LogP contribution in [-0.2, 0) is 4.74 Å². The molecule has 1 N–H and O–H groups in total. The van der Waals surface area contributed by atoms with Crippen LogP contribution in [0.2, 0.25) is 0 Å². The van der Waals surface area contributed by atoms with Crippen LogP contribution < -0.4 is 10.1 Å². The Morgan fingerprint density at radius 3 is 3.00 bits per heavy atom.